The molecule has 0 unspecified atom stereocenters. The lowest BCUT2D eigenvalue weighted by molar-refractivity contribution is 0.928. The largest absolute Gasteiger partial charge is 0.308 e. The summed E-state index contributed by atoms with van der Waals surface area (Å²) in [6, 6.07) is 55.1. The first-order chi connectivity index (χ1) is 32.3. The Morgan fingerprint density at radius 1 is 0.318 bits per heavy atom. The van der Waals surface area contributed by atoms with E-state index in [1.165, 1.54) is 20.2 Å². The van der Waals surface area contributed by atoms with E-state index in [4.69, 9.17) is 34.9 Å². The van der Waals surface area contributed by atoms with Crippen molar-refractivity contribution in [3.05, 3.63) is 181 Å². The van der Waals surface area contributed by atoms with E-state index in [1.54, 1.807) is 0 Å². The van der Waals surface area contributed by atoms with Crippen molar-refractivity contribution >= 4 is 53.3 Å². The summed E-state index contributed by atoms with van der Waals surface area (Å²) >= 11 is 1.81. The van der Waals surface area contributed by atoms with Crippen LogP contribution in [0.25, 0.3) is 116 Å². The van der Waals surface area contributed by atoms with E-state index in [0.29, 0.717) is 52.4 Å². The van der Waals surface area contributed by atoms with Crippen molar-refractivity contribution in [2.75, 3.05) is 0 Å². The molecule has 0 atom stereocenters. The van der Waals surface area contributed by atoms with Gasteiger partial charge in [0.25, 0.3) is 0 Å². The zero-order valence-corrected chi connectivity index (χ0v) is 37.2. The Balaban J connectivity index is 1.14. The molecule has 0 saturated carbocycles. The van der Waals surface area contributed by atoms with Crippen LogP contribution in [0.3, 0.4) is 0 Å². The second-order valence-corrected chi connectivity index (χ2v) is 17.5. The zero-order chi connectivity index (χ0) is 44.5. The van der Waals surface area contributed by atoms with Crippen molar-refractivity contribution in [2.24, 2.45) is 0 Å². The molecule has 0 amide bonds. The van der Waals surface area contributed by atoms with Crippen LogP contribution in [0.2, 0.25) is 0 Å². The molecule has 66 heavy (non-hydrogen) atoms. The molecule has 12 rings (SSSR count). The fourth-order valence-electron chi connectivity index (χ4n) is 8.97. The summed E-state index contributed by atoms with van der Waals surface area (Å²) in [5, 5.41) is 4.55. The zero-order valence-electron chi connectivity index (χ0n) is 36.4. The number of thiophene rings is 1. The summed E-state index contributed by atoms with van der Waals surface area (Å²) in [6.07, 6.45) is 0. The normalized spacial score (nSPS) is 11.6. The van der Waals surface area contributed by atoms with Crippen LogP contribution in [0.4, 0.5) is 0 Å². The molecule has 12 aromatic rings. The van der Waals surface area contributed by atoms with E-state index in [-0.39, 0.29) is 0 Å². The Kier molecular flexibility index (Phi) is 9.32. The van der Waals surface area contributed by atoms with Crippen molar-refractivity contribution in [1.29, 1.82) is 0 Å². The Bertz CT molecular complexity index is 3670. The Morgan fingerprint density at radius 3 is 1.35 bits per heavy atom. The Morgan fingerprint density at radius 2 is 0.773 bits per heavy atom. The molecule has 0 aliphatic heterocycles. The van der Waals surface area contributed by atoms with Crippen LogP contribution in [0.1, 0.15) is 23.3 Å². The summed E-state index contributed by atoms with van der Waals surface area (Å²) in [5.41, 5.74) is 9.44. The van der Waals surface area contributed by atoms with Crippen LogP contribution in [0.5, 0.6) is 0 Å². The fourth-order valence-corrected chi connectivity index (χ4v) is 10.1. The molecule has 0 saturated heterocycles. The number of hydrogen-bond donors (Lipinski definition) is 0. The minimum atomic E-state index is 0.554. The predicted octanol–water partition coefficient (Wildman–Crippen LogP) is 12.9. The molecule has 0 aliphatic rings. The summed E-state index contributed by atoms with van der Waals surface area (Å²) in [5.74, 6) is 5.64. The van der Waals surface area contributed by atoms with E-state index in [1.807, 2.05) is 99.7 Å². The van der Waals surface area contributed by atoms with E-state index in [0.717, 1.165) is 66.4 Å². The van der Waals surface area contributed by atoms with Gasteiger partial charge in [-0.15, -0.1) is 11.3 Å². The molecule has 0 N–H and O–H groups in total. The highest BCUT2D eigenvalue weighted by atomic mass is 32.1. The lowest BCUT2D eigenvalue weighted by atomic mass is 9.99. The van der Waals surface area contributed by atoms with Crippen molar-refractivity contribution < 1.29 is 0 Å². The van der Waals surface area contributed by atoms with Gasteiger partial charge in [-0.2, -0.15) is 0 Å². The predicted molar refractivity (Wildman–Crippen MR) is 265 cm³/mol. The topological polar surface area (TPSA) is 121 Å². The van der Waals surface area contributed by atoms with Gasteiger partial charge in [-0.05, 0) is 99.5 Å². The summed E-state index contributed by atoms with van der Waals surface area (Å²) in [6.45, 7) is 7.58. The van der Waals surface area contributed by atoms with Crippen LogP contribution >= 0.6 is 11.3 Å². The molecule has 0 aliphatic carbocycles. The van der Waals surface area contributed by atoms with Crippen LogP contribution in [0, 0.1) is 27.7 Å². The highest BCUT2D eigenvalue weighted by Crippen LogP contribution is 2.42. The maximum Gasteiger partial charge on any atom is 0.166 e. The second-order valence-electron chi connectivity index (χ2n) is 16.4. The van der Waals surface area contributed by atoms with Crippen molar-refractivity contribution in [3.63, 3.8) is 0 Å². The third kappa shape index (κ3) is 6.93. The van der Waals surface area contributed by atoms with Gasteiger partial charge in [0, 0.05) is 58.8 Å². The van der Waals surface area contributed by atoms with E-state index in [2.05, 4.69) is 112 Å². The number of nitrogens with zero attached hydrogens (tertiary/aromatic N) is 10. The van der Waals surface area contributed by atoms with Gasteiger partial charge < -0.3 is 4.57 Å². The van der Waals surface area contributed by atoms with E-state index in [9.17, 15) is 0 Å². The number of rotatable bonds is 7. The van der Waals surface area contributed by atoms with Gasteiger partial charge in [-0.3, -0.25) is 0 Å². The molecular weight excluding hydrogens is 833 g/mol. The minimum Gasteiger partial charge on any atom is -0.308 e. The van der Waals surface area contributed by atoms with Gasteiger partial charge in [0.05, 0.1) is 16.7 Å². The molecule has 5 aromatic heterocycles. The van der Waals surface area contributed by atoms with Crippen molar-refractivity contribution in [3.8, 4) is 73.8 Å². The molecule has 11 heteroatoms. The van der Waals surface area contributed by atoms with Gasteiger partial charge in [0.1, 0.15) is 23.3 Å². The number of fused-ring (bicyclic) bond motifs is 6. The lowest BCUT2D eigenvalue weighted by Crippen LogP contribution is -2.04. The van der Waals surface area contributed by atoms with E-state index < -0.39 is 0 Å². The SMILES string of the molecule is Cc1nc(C)nc(-c2ccc3c(c2)c2cc(-c4nc(C)nc(C)n4)ccc2n3-c2ccc(-c3ccc4c(c3)sc3ccccc34)cc2-c2nc(-c3ccccc3)nc(-c3ccccc3)n2)n1. The highest BCUT2D eigenvalue weighted by molar-refractivity contribution is 7.25. The lowest BCUT2D eigenvalue weighted by Gasteiger charge is -2.16. The number of aromatic nitrogens is 10. The molecular formula is C55H38N10S. The average molecular weight is 871 g/mol. The highest BCUT2D eigenvalue weighted by Gasteiger charge is 2.22. The average Bonchev–Trinajstić information content (AvgIpc) is 3.88. The summed E-state index contributed by atoms with van der Waals surface area (Å²) < 4.78 is 4.82. The third-order valence-corrected chi connectivity index (χ3v) is 13.0. The number of benzene rings is 7. The van der Waals surface area contributed by atoms with Gasteiger partial charge >= 0.3 is 0 Å². The monoisotopic (exact) mass is 870 g/mol. The van der Waals surface area contributed by atoms with Crippen LogP contribution in [-0.2, 0) is 0 Å². The standard InChI is InChI=1S/C55H38N10S/c1-31-56-32(2)59-53(58-31)39-21-25-46-43(28-39)44-29-40(54-60-33(3)57-34(4)61-54)22-26-47(44)65(46)48-24-20-37(38-19-23-42-41-17-11-12-18-49(41)66-50(42)30-38)27-45(48)55-63-51(35-13-7-5-8-14-35)62-52(64-55)36-15-9-6-10-16-36/h5-30H,1-4H3. The second kappa shape index (κ2) is 15.7. The molecule has 5 heterocycles. The van der Waals surface area contributed by atoms with Crippen LogP contribution in [-0.4, -0.2) is 49.4 Å². The molecule has 0 bridgehead atoms. The summed E-state index contributed by atoms with van der Waals surface area (Å²) in [4.78, 5) is 43.6. The van der Waals surface area contributed by atoms with E-state index >= 15 is 0 Å². The molecule has 314 valence electrons. The first-order valence-electron chi connectivity index (χ1n) is 21.7. The first kappa shape index (κ1) is 39.2. The number of hydrogen-bond acceptors (Lipinski definition) is 10. The van der Waals surface area contributed by atoms with Crippen molar-refractivity contribution in [2.45, 2.75) is 27.7 Å². The maximum atomic E-state index is 5.31. The van der Waals surface area contributed by atoms with Gasteiger partial charge in [-0.25, -0.2) is 44.9 Å². The molecule has 0 spiro atoms. The smallest absolute Gasteiger partial charge is 0.166 e. The minimum absolute atomic E-state index is 0.554. The van der Waals surface area contributed by atoms with Crippen molar-refractivity contribution in [1.82, 2.24) is 49.4 Å². The molecule has 0 radical (unpaired) electrons. The van der Waals surface area contributed by atoms with Crippen LogP contribution in [0.15, 0.2) is 158 Å². The number of aryl methyl sites for hydroxylation is 4. The van der Waals surface area contributed by atoms with Gasteiger partial charge in [-0.1, -0.05) is 97.1 Å². The van der Waals surface area contributed by atoms with Gasteiger partial charge in [0.2, 0.25) is 0 Å². The quantitative estimate of drug-likeness (QED) is 0.154. The maximum absolute atomic E-state index is 5.31. The molecule has 0 fully saturated rings. The Hall–Kier alpha value is -8.41. The summed E-state index contributed by atoms with van der Waals surface area (Å²) in [7, 11) is 0. The third-order valence-electron chi connectivity index (χ3n) is 11.9. The Labute approximate surface area is 383 Å². The van der Waals surface area contributed by atoms with Crippen LogP contribution < -0.4 is 0 Å². The fraction of sp³-hybridized carbons (Fsp3) is 0.0727. The first-order valence-corrected chi connectivity index (χ1v) is 22.5. The molecule has 7 aromatic carbocycles. The van der Waals surface area contributed by atoms with Gasteiger partial charge in [0.15, 0.2) is 29.1 Å². The molecule has 10 nitrogen and oxygen atoms in total.